The average Bonchev–Trinajstić information content (AvgIpc) is 2.60. The second-order valence-corrected chi connectivity index (χ2v) is 4.92. The molecule has 2 aromatic rings. The third-order valence-corrected chi connectivity index (χ3v) is 3.34. The minimum absolute atomic E-state index is 0.201. The van der Waals surface area contributed by atoms with Gasteiger partial charge >= 0.3 is 5.97 Å². The van der Waals surface area contributed by atoms with Gasteiger partial charge in [0.15, 0.2) is 5.78 Å². The maximum absolute atomic E-state index is 12.4. The summed E-state index contributed by atoms with van der Waals surface area (Å²) in [5.74, 6) is -0.111. The lowest BCUT2D eigenvalue weighted by Crippen LogP contribution is -2.02. The number of methoxy groups -OCH3 is 1. The normalized spacial score (nSPS) is 10.6. The molecule has 5 heteroatoms. The van der Waals surface area contributed by atoms with Gasteiger partial charge in [-0.3, -0.25) is 4.79 Å². The van der Waals surface area contributed by atoms with Crippen LogP contribution in [-0.4, -0.2) is 30.6 Å². The first-order chi connectivity index (χ1) is 11.5. The highest BCUT2D eigenvalue weighted by Crippen LogP contribution is 2.25. The van der Waals surface area contributed by atoms with Gasteiger partial charge in [-0.15, -0.1) is 0 Å². The Morgan fingerprint density at radius 3 is 2.42 bits per heavy atom. The predicted molar refractivity (Wildman–Crippen MR) is 90.9 cm³/mol. The monoisotopic (exact) mass is 326 g/mol. The van der Waals surface area contributed by atoms with Crippen molar-refractivity contribution < 1.29 is 24.2 Å². The molecule has 1 N–H and O–H groups in total. The first kappa shape index (κ1) is 17.3. The summed E-state index contributed by atoms with van der Waals surface area (Å²) in [6.07, 6.45) is 3.06. The van der Waals surface area contributed by atoms with Crippen molar-refractivity contribution in [2.24, 2.45) is 0 Å². The van der Waals surface area contributed by atoms with Gasteiger partial charge in [-0.05, 0) is 42.8 Å². The van der Waals surface area contributed by atoms with E-state index in [1.54, 1.807) is 43.5 Å². The van der Waals surface area contributed by atoms with Crippen LogP contribution in [-0.2, 0) is 0 Å². The number of carboxylic acids is 1. The number of hydrogen-bond donors (Lipinski definition) is 1. The van der Waals surface area contributed by atoms with Gasteiger partial charge in [0, 0.05) is 6.07 Å². The number of carbonyl (C=O) groups is 2. The number of benzene rings is 2. The van der Waals surface area contributed by atoms with Gasteiger partial charge in [0.25, 0.3) is 0 Å². The van der Waals surface area contributed by atoms with E-state index < -0.39 is 5.97 Å². The Morgan fingerprint density at radius 2 is 1.83 bits per heavy atom. The standard InChI is InChI=1S/C19H18O5/c1-3-24-18-12-15(23-2)9-10-16(18)17(20)11-6-13-4-7-14(8-5-13)19(21)22/h4-12H,3H2,1-2H3,(H,21,22)/b11-6+. The molecule has 2 aromatic carbocycles. The molecule has 124 valence electrons. The molecule has 0 fully saturated rings. The topological polar surface area (TPSA) is 72.8 Å². The van der Waals surface area contributed by atoms with E-state index in [0.29, 0.717) is 23.7 Å². The smallest absolute Gasteiger partial charge is 0.335 e. The van der Waals surface area contributed by atoms with Crippen molar-refractivity contribution in [1.29, 1.82) is 0 Å². The minimum atomic E-state index is -0.985. The van der Waals surface area contributed by atoms with Crippen molar-refractivity contribution in [3.05, 3.63) is 65.2 Å². The van der Waals surface area contributed by atoms with Gasteiger partial charge in [0.1, 0.15) is 11.5 Å². The zero-order chi connectivity index (χ0) is 17.5. The quantitative estimate of drug-likeness (QED) is 0.620. The summed E-state index contributed by atoms with van der Waals surface area (Å²) in [5, 5.41) is 8.87. The van der Waals surface area contributed by atoms with Crippen molar-refractivity contribution in [3.8, 4) is 11.5 Å². The van der Waals surface area contributed by atoms with Crippen molar-refractivity contribution in [2.45, 2.75) is 6.92 Å². The molecule has 0 radical (unpaired) electrons. The first-order valence-corrected chi connectivity index (χ1v) is 7.41. The summed E-state index contributed by atoms with van der Waals surface area (Å²) in [6, 6.07) is 11.3. The van der Waals surface area contributed by atoms with Gasteiger partial charge in [-0.25, -0.2) is 4.79 Å². The Bertz CT molecular complexity index is 760. The van der Waals surface area contributed by atoms with Crippen LogP contribution >= 0.6 is 0 Å². The van der Waals surface area contributed by atoms with Crippen LogP contribution in [0.3, 0.4) is 0 Å². The lowest BCUT2D eigenvalue weighted by molar-refractivity contribution is 0.0696. The molecule has 0 saturated carbocycles. The van der Waals surface area contributed by atoms with Crippen LogP contribution in [0.25, 0.3) is 6.08 Å². The zero-order valence-corrected chi connectivity index (χ0v) is 13.5. The number of aromatic carboxylic acids is 1. The summed E-state index contributed by atoms with van der Waals surface area (Å²) < 4.78 is 10.6. The fraction of sp³-hybridized carbons (Fsp3) is 0.158. The minimum Gasteiger partial charge on any atom is -0.497 e. The second kappa shape index (κ2) is 7.97. The number of carboxylic acid groups (broad SMARTS) is 1. The number of rotatable bonds is 7. The van der Waals surface area contributed by atoms with Crippen molar-refractivity contribution >= 4 is 17.8 Å². The van der Waals surface area contributed by atoms with E-state index in [1.807, 2.05) is 6.92 Å². The molecule has 2 rings (SSSR count). The fourth-order valence-corrected chi connectivity index (χ4v) is 2.11. The number of carbonyl (C=O) groups excluding carboxylic acids is 1. The van der Waals surface area contributed by atoms with E-state index in [4.69, 9.17) is 14.6 Å². The first-order valence-electron chi connectivity index (χ1n) is 7.41. The third-order valence-electron chi connectivity index (χ3n) is 3.34. The largest absolute Gasteiger partial charge is 0.497 e. The van der Waals surface area contributed by atoms with Gasteiger partial charge in [-0.2, -0.15) is 0 Å². The molecule has 0 amide bonds. The fourth-order valence-electron chi connectivity index (χ4n) is 2.11. The van der Waals surface area contributed by atoms with Crippen LogP contribution in [0.5, 0.6) is 11.5 Å². The Labute approximate surface area is 140 Å². The molecule has 0 aliphatic heterocycles. The molecule has 0 aliphatic rings. The number of allylic oxidation sites excluding steroid dienone is 1. The highest BCUT2D eigenvalue weighted by molar-refractivity contribution is 6.08. The highest BCUT2D eigenvalue weighted by Gasteiger charge is 2.11. The second-order valence-electron chi connectivity index (χ2n) is 4.92. The lowest BCUT2D eigenvalue weighted by atomic mass is 10.1. The molecule has 0 bridgehead atoms. The molecule has 0 atom stereocenters. The molecule has 0 saturated heterocycles. The van der Waals surface area contributed by atoms with Crippen molar-refractivity contribution in [1.82, 2.24) is 0 Å². The maximum atomic E-state index is 12.4. The van der Waals surface area contributed by atoms with Gasteiger partial charge in [0.2, 0.25) is 0 Å². The van der Waals surface area contributed by atoms with Crippen LogP contribution in [0.15, 0.2) is 48.5 Å². The summed E-state index contributed by atoms with van der Waals surface area (Å²) in [5.41, 5.74) is 1.38. The maximum Gasteiger partial charge on any atom is 0.335 e. The van der Waals surface area contributed by atoms with Crippen molar-refractivity contribution in [3.63, 3.8) is 0 Å². The Hall–Kier alpha value is -3.08. The van der Waals surface area contributed by atoms with E-state index in [-0.39, 0.29) is 11.3 Å². The molecule has 0 heterocycles. The van der Waals surface area contributed by atoms with E-state index >= 15 is 0 Å². The van der Waals surface area contributed by atoms with Gasteiger partial charge in [0.05, 0.1) is 24.8 Å². The summed E-state index contributed by atoms with van der Waals surface area (Å²) in [4.78, 5) is 23.2. The van der Waals surface area contributed by atoms with Crippen LogP contribution in [0, 0.1) is 0 Å². The number of ether oxygens (including phenoxy) is 2. The highest BCUT2D eigenvalue weighted by atomic mass is 16.5. The average molecular weight is 326 g/mol. The molecular weight excluding hydrogens is 308 g/mol. The molecule has 0 aromatic heterocycles. The van der Waals surface area contributed by atoms with Gasteiger partial charge < -0.3 is 14.6 Å². The van der Waals surface area contributed by atoms with E-state index in [0.717, 1.165) is 5.56 Å². The van der Waals surface area contributed by atoms with Crippen LogP contribution in [0.1, 0.15) is 33.2 Å². The zero-order valence-electron chi connectivity index (χ0n) is 13.5. The molecule has 0 spiro atoms. The molecule has 5 nitrogen and oxygen atoms in total. The Kier molecular flexibility index (Phi) is 5.73. The molecule has 24 heavy (non-hydrogen) atoms. The summed E-state index contributed by atoms with van der Waals surface area (Å²) >= 11 is 0. The van der Waals surface area contributed by atoms with E-state index in [2.05, 4.69) is 0 Å². The van der Waals surface area contributed by atoms with Crippen LogP contribution in [0.4, 0.5) is 0 Å². The molecule has 0 unspecified atom stereocenters. The van der Waals surface area contributed by atoms with Crippen LogP contribution in [0.2, 0.25) is 0 Å². The van der Waals surface area contributed by atoms with E-state index in [9.17, 15) is 9.59 Å². The third kappa shape index (κ3) is 4.23. The summed E-state index contributed by atoms with van der Waals surface area (Å²) in [6.45, 7) is 2.28. The lowest BCUT2D eigenvalue weighted by Gasteiger charge is -2.09. The SMILES string of the molecule is CCOc1cc(OC)ccc1C(=O)/C=C/c1ccc(C(=O)O)cc1. The Balaban J connectivity index is 2.20. The molecule has 0 aliphatic carbocycles. The van der Waals surface area contributed by atoms with Crippen molar-refractivity contribution in [2.75, 3.05) is 13.7 Å². The Morgan fingerprint density at radius 1 is 1.12 bits per heavy atom. The van der Waals surface area contributed by atoms with E-state index in [1.165, 1.54) is 18.2 Å². The summed E-state index contributed by atoms with van der Waals surface area (Å²) in [7, 11) is 1.55. The number of hydrogen-bond acceptors (Lipinski definition) is 4. The van der Waals surface area contributed by atoms with Gasteiger partial charge in [-0.1, -0.05) is 18.2 Å². The predicted octanol–water partition coefficient (Wildman–Crippen LogP) is 3.69. The number of ketones is 1. The molecular formula is C19H18O5. The van der Waals surface area contributed by atoms with Crippen LogP contribution < -0.4 is 9.47 Å².